The molecule has 1 N–H and O–H groups in total. The number of aromatic nitrogens is 3. The second-order valence-electron chi connectivity index (χ2n) is 6.42. The molecular weight excluding hydrogens is 328 g/mol. The van der Waals surface area contributed by atoms with E-state index in [1.165, 1.54) is 6.33 Å². The summed E-state index contributed by atoms with van der Waals surface area (Å²) in [6.45, 7) is 6.88. The van der Waals surface area contributed by atoms with Crippen LogP contribution in [0.25, 0.3) is 10.9 Å². The van der Waals surface area contributed by atoms with Gasteiger partial charge in [0, 0.05) is 16.5 Å². The van der Waals surface area contributed by atoms with Crippen molar-refractivity contribution in [3.8, 4) is 0 Å². The Balaban J connectivity index is 1.67. The highest BCUT2D eigenvalue weighted by atomic mass is 35.5. The lowest BCUT2D eigenvalue weighted by Gasteiger charge is -2.17. The lowest BCUT2D eigenvalue weighted by molar-refractivity contribution is -0.0241. The molecule has 0 aliphatic carbocycles. The van der Waals surface area contributed by atoms with Crippen LogP contribution in [-0.4, -0.2) is 20.7 Å². The first kappa shape index (κ1) is 16.7. The van der Waals surface area contributed by atoms with E-state index in [4.69, 9.17) is 20.9 Å². The van der Waals surface area contributed by atoms with Crippen molar-refractivity contribution in [2.45, 2.75) is 39.5 Å². The number of nitrogens with zero attached hydrogens (tertiary/aromatic N) is 3. The van der Waals surface area contributed by atoms with E-state index in [1.807, 2.05) is 45.0 Å². The Kier molecular flexibility index (Phi) is 4.69. The second-order valence-corrected chi connectivity index (χ2v) is 6.86. The van der Waals surface area contributed by atoms with Crippen molar-refractivity contribution in [1.82, 2.24) is 15.1 Å². The Hall–Kier alpha value is -2.18. The van der Waals surface area contributed by atoms with Gasteiger partial charge in [0.2, 0.25) is 0 Å². The maximum absolute atomic E-state index is 5.99. The van der Waals surface area contributed by atoms with Crippen molar-refractivity contribution < 1.29 is 9.26 Å². The number of benzene rings is 1. The summed E-state index contributed by atoms with van der Waals surface area (Å²) in [4.78, 5) is 8.50. The summed E-state index contributed by atoms with van der Waals surface area (Å²) < 4.78 is 11.0. The van der Waals surface area contributed by atoms with Gasteiger partial charge in [-0.2, -0.15) is 0 Å². The SMILES string of the molecule is CC(C)(C)OCc1cc(CNc2ncnc3cc(Cl)ccc23)no1. The summed E-state index contributed by atoms with van der Waals surface area (Å²) >= 11 is 5.99. The van der Waals surface area contributed by atoms with Crippen LogP contribution in [-0.2, 0) is 17.9 Å². The molecule has 126 valence electrons. The molecule has 0 atom stereocenters. The van der Waals surface area contributed by atoms with E-state index < -0.39 is 0 Å². The number of halogens is 1. The fourth-order valence-electron chi connectivity index (χ4n) is 2.14. The molecule has 6 nitrogen and oxygen atoms in total. The van der Waals surface area contributed by atoms with Crippen LogP contribution in [0.4, 0.5) is 5.82 Å². The maximum Gasteiger partial charge on any atom is 0.162 e. The summed E-state index contributed by atoms with van der Waals surface area (Å²) in [5.41, 5.74) is 1.36. The fourth-order valence-corrected chi connectivity index (χ4v) is 2.31. The molecule has 7 heteroatoms. The van der Waals surface area contributed by atoms with Gasteiger partial charge in [-0.1, -0.05) is 16.8 Å². The predicted molar refractivity (Wildman–Crippen MR) is 92.9 cm³/mol. The van der Waals surface area contributed by atoms with E-state index in [1.54, 1.807) is 0 Å². The Morgan fingerprint density at radius 3 is 2.83 bits per heavy atom. The molecule has 1 aromatic carbocycles. The van der Waals surface area contributed by atoms with E-state index in [0.717, 1.165) is 22.4 Å². The third-order valence-corrected chi connectivity index (χ3v) is 3.53. The average Bonchev–Trinajstić information content (AvgIpc) is 2.98. The number of hydrogen-bond acceptors (Lipinski definition) is 6. The number of ether oxygens (including phenoxy) is 1. The van der Waals surface area contributed by atoms with Crippen molar-refractivity contribution in [1.29, 1.82) is 0 Å². The van der Waals surface area contributed by atoms with Crippen LogP contribution in [0.1, 0.15) is 32.2 Å². The van der Waals surface area contributed by atoms with Crippen LogP contribution in [0.2, 0.25) is 5.02 Å². The van der Waals surface area contributed by atoms with Gasteiger partial charge in [0.15, 0.2) is 5.76 Å². The van der Waals surface area contributed by atoms with Crippen molar-refractivity contribution in [3.05, 3.63) is 47.1 Å². The largest absolute Gasteiger partial charge is 0.368 e. The van der Waals surface area contributed by atoms with Gasteiger partial charge < -0.3 is 14.6 Å². The van der Waals surface area contributed by atoms with Crippen LogP contribution in [0.5, 0.6) is 0 Å². The summed E-state index contributed by atoms with van der Waals surface area (Å²) in [5, 5.41) is 8.85. The lowest BCUT2D eigenvalue weighted by atomic mass is 10.2. The molecule has 2 aromatic heterocycles. The topological polar surface area (TPSA) is 73.1 Å². The Labute approximate surface area is 145 Å². The van der Waals surface area contributed by atoms with Gasteiger partial charge in [-0.05, 0) is 39.0 Å². The first-order valence-electron chi connectivity index (χ1n) is 7.63. The standard InChI is InChI=1S/C17H19ClN4O2/c1-17(2,3)23-9-13-7-12(22-24-13)8-19-16-14-5-4-11(18)6-15(14)20-10-21-16/h4-7,10H,8-9H2,1-3H3,(H,19,20,21). The Morgan fingerprint density at radius 2 is 2.04 bits per heavy atom. The Morgan fingerprint density at radius 1 is 1.21 bits per heavy atom. The molecule has 0 fully saturated rings. The minimum Gasteiger partial charge on any atom is -0.368 e. The molecular formula is C17H19ClN4O2. The van der Waals surface area contributed by atoms with Gasteiger partial charge in [-0.15, -0.1) is 0 Å². The summed E-state index contributed by atoms with van der Waals surface area (Å²) in [6, 6.07) is 7.39. The molecule has 3 aromatic rings. The highest BCUT2D eigenvalue weighted by Gasteiger charge is 2.13. The quantitative estimate of drug-likeness (QED) is 0.746. The number of nitrogens with one attached hydrogen (secondary N) is 1. The highest BCUT2D eigenvalue weighted by molar-refractivity contribution is 6.31. The average molecular weight is 347 g/mol. The normalized spacial score (nSPS) is 11.8. The van der Waals surface area contributed by atoms with Crippen molar-refractivity contribution in [3.63, 3.8) is 0 Å². The molecule has 0 spiro atoms. The molecule has 24 heavy (non-hydrogen) atoms. The summed E-state index contributed by atoms with van der Waals surface area (Å²) in [6.07, 6.45) is 1.51. The smallest absolute Gasteiger partial charge is 0.162 e. The predicted octanol–water partition coefficient (Wildman–Crippen LogP) is 4.20. The van der Waals surface area contributed by atoms with E-state index in [2.05, 4.69) is 20.4 Å². The zero-order chi connectivity index (χ0) is 17.2. The van der Waals surface area contributed by atoms with Gasteiger partial charge in [-0.25, -0.2) is 9.97 Å². The molecule has 0 amide bonds. The molecule has 0 unspecified atom stereocenters. The van der Waals surface area contributed by atoms with Crippen molar-refractivity contribution >= 4 is 28.3 Å². The van der Waals surface area contributed by atoms with E-state index in [-0.39, 0.29) is 5.60 Å². The minimum absolute atomic E-state index is 0.216. The van der Waals surface area contributed by atoms with Crippen LogP contribution in [0, 0.1) is 0 Å². The first-order valence-corrected chi connectivity index (χ1v) is 8.01. The van der Waals surface area contributed by atoms with Gasteiger partial charge >= 0.3 is 0 Å². The van der Waals surface area contributed by atoms with Crippen LogP contribution >= 0.6 is 11.6 Å². The van der Waals surface area contributed by atoms with E-state index >= 15 is 0 Å². The van der Waals surface area contributed by atoms with Crippen LogP contribution < -0.4 is 5.32 Å². The number of rotatable bonds is 5. The highest BCUT2D eigenvalue weighted by Crippen LogP contribution is 2.23. The minimum atomic E-state index is -0.216. The summed E-state index contributed by atoms with van der Waals surface area (Å²) in [7, 11) is 0. The second kappa shape index (κ2) is 6.75. The molecule has 0 radical (unpaired) electrons. The fraction of sp³-hybridized carbons (Fsp3) is 0.353. The number of fused-ring (bicyclic) bond motifs is 1. The molecule has 3 rings (SSSR count). The third kappa shape index (κ3) is 4.21. The van der Waals surface area contributed by atoms with Gasteiger partial charge in [0.1, 0.15) is 24.4 Å². The molecule has 2 heterocycles. The van der Waals surface area contributed by atoms with Gasteiger partial charge in [0.25, 0.3) is 0 Å². The van der Waals surface area contributed by atoms with Crippen LogP contribution in [0.3, 0.4) is 0 Å². The molecule has 0 bridgehead atoms. The molecule has 0 aliphatic rings. The monoisotopic (exact) mass is 346 g/mol. The van der Waals surface area contributed by atoms with Gasteiger partial charge in [-0.3, -0.25) is 0 Å². The zero-order valence-corrected chi connectivity index (χ0v) is 14.6. The number of hydrogen-bond donors (Lipinski definition) is 1. The third-order valence-electron chi connectivity index (χ3n) is 3.29. The Bertz CT molecular complexity index is 842. The molecule has 0 saturated heterocycles. The van der Waals surface area contributed by atoms with Crippen molar-refractivity contribution in [2.75, 3.05) is 5.32 Å². The van der Waals surface area contributed by atoms with Crippen molar-refractivity contribution in [2.24, 2.45) is 0 Å². The lowest BCUT2D eigenvalue weighted by Crippen LogP contribution is -2.18. The van der Waals surface area contributed by atoms with Gasteiger partial charge in [0.05, 0.1) is 17.7 Å². The van der Waals surface area contributed by atoms with E-state index in [0.29, 0.717) is 23.9 Å². The van der Waals surface area contributed by atoms with E-state index in [9.17, 15) is 0 Å². The number of anilines is 1. The zero-order valence-electron chi connectivity index (χ0n) is 13.8. The first-order chi connectivity index (χ1) is 11.4. The maximum atomic E-state index is 5.99. The summed E-state index contributed by atoms with van der Waals surface area (Å²) in [5.74, 6) is 1.42. The molecule has 0 saturated carbocycles. The molecule has 0 aliphatic heterocycles. The van der Waals surface area contributed by atoms with Crippen LogP contribution in [0.15, 0.2) is 35.1 Å².